The number of amides is 1. The Morgan fingerprint density at radius 3 is 2.68 bits per heavy atom. The van der Waals surface area contributed by atoms with Crippen LogP contribution in [-0.2, 0) is 17.3 Å². The summed E-state index contributed by atoms with van der Waals surface area (Å²) in [5.41, 5.74) is -0.439. The molecule has 3 rings (SSSR count). The molecular weight excluding hydrogens is 409 g/mol. The molecule has 0 aliphatic heterocycles. The number of hydrogen-bond acceptors (Lipinski definition) is 4. The molecule has 0 saturated heterocycles. The van der Waals surface area contributed by atoms with Crippen LogP contribution in [0.4, 0.5) is 15.8 Å². The van der Waals surface area contributed by atoms with Crippen LogP contribution < -0.4 is 14.8 Å². The average molecular weight is 426 g/mol. The van der Waals surface area contributed by atoms with Gasteiger partial charge in [-0.2, -0.15) is 18.4 Å². The Kier molecular flexibility index (Phi) is 5.10. The van der Waals surface area contributed by atoms with E-state index in [-0.39, 0.29) is 27.7 Å². The zero-order valence-corrected chi connectivity index (χ0v) is 16.6. The first-order valence-electron chi connectivity index (χ1n) is 8.21. The lowest BCUT2D eigenvalue weighted by Crippen LogP contribution is -2.38. The van der Waals surface area contributed by atoms with Crippen LogP contribution in [0.15, 0.2) is 24.4 Å². The Morgan fingerprint density at radius 1 is 1.39 bits per heavy atom. The molecule has 0 spiro atoms. The zero-order valence-electron chi connectivity index (χ0n) is 15.0. The van der Waals surface area contributed by atoms with Crippen LogP contribution in [0.5, 0.6) is 0 Å². The Balaban J connectivity index is 1.81. The second-order valence-corrected chi connectivity index (χ2v) is 8.64. The number of aromatic nitrogens is 1. The summed E-state index contributed by atoms with van der Waals surface area (Å²) in [5, 5.41) is 11.3. The maximum absolute atomic E-state index is 13.4. The summed E-state index contributed by atoms with van der Waals surface area (Å²) < 4.78 is 44.1. The minimum absolute atomic E-state index is 0.000155. The van der Waals surface area contributed by atoms with E-state index in [1.54, 1.807) is 13.0 Å². The van der Waals surface area contributed by atoms with Crippen molar-refractivity contribution in [3.63, 3.8) is 0 Å². The van der Waals surface area contributed by atoms with Gasteiger partial charge in [-0.15, -0.1) is 0 Å². The van der Waals surface area contributed by atoms with Crippen molar-refractivity contribution in [3.05, 3.63) is 46.5 Å². The number of halogens is 2. The molecule has 28 heavy (non-hydrogen) atoms. The number of rotatable bonds is 6. The Morgan fingerprint density at radius 2 is 2.07 bits per heavy atom. The monoisotopic (exact) mass is 425 g/mol. The number of hydrogen-bond donors (Lipinski definition) is 3. The maximum atomic E-state index is 13.4. The van der Waals surface area contributed by atoms with Crippen molar-refractivity contribution in [3.8, 4) is 6.07 Å². The lowest BCUT2D eigenvalue weighted by atomic mass is 10.2. The van der Waals surface area contributed by atoms with Crippen molar-refractivity contribution >= 4 is 39.1 Å². The highest BCUT2D eigenvalue weighted by atomic mass is 35.5. The van der Waals surface area contributed by atoms with Crippen LogP contribution in [-0.4, -0.2) is 24.4 Å². The topological polar surface area (TPSA) is 116 Å². The molecule has 1 heterocycles. The third-order valence-corrected chi connectivity index (χ3v) is 5.94. The highest BCUT2D eigenvalue weighted by Gasteiger charge is 2.41. The van der Waals surface area contributed by atoms with E-state index < -0.39 is 27.5 Å². The Hall–Kier alpha value is -2.61. The summed E-state index contributed by atoms with van der Waals surface area (Å²) >= 11 is 6.22. The Labute approximate surface area is 166 Å². The quantitative estimate of drug-likeness (QED) is 0.659. The number of nitriles is 1. The summed E-state index contributed by atoms with van der Waals surface area (Å²) in [5.74, 6) is -1.35. The van der Waals surface area contributed by atoms with E-state index in [0.29, 0.717) is 0 Å². The maximum Gasteiger partial charge on any atom is 0.299 e. The highest BCUT2D eigenvalue weighted by molar-refractivity contribution is 7.90. The van der Waals surface area contributed by atoms with Crippen LogP contribution in [0.2, 0.25) is 5.02 Å². The molecule has 11 heteroatoms. The molecule has 1 amide bonds. The number of benzene rings is 1. The predicted molar refractivity (Wildman–Crippen MR) is 103 cm³/mol. The second-order valence-electron chi connectivity index (χ2n) is 6.85. The van der Waals surface area contributed by atoms with Gasteiger partial charge in [0, 0.05) is 24.5 Å². The molecule has 1 saturated carbocycles. The first-order valence-corrected chi connectivity index (χ1v) is 10.1. The fraction of sp³-hybridized carbons (Fsp3) is 0.294. The van der Waals surface area contributed by atoms with E-state index in [9.17, 15) is 17.6 Å². The van der Waals surface area contributed by atoms with Gasteiger partial charge >= 0.3 is 0 Å². The number of nitrogens with zero attached hydrogens (tertiary/aromatic N) is 2. The molecular formula is C17H17ClFN5O3S. The van der Waals surface area contributed by atoms with Gasteiger partial charge in [-0.3, -0.25) is 9.52 Å². The number of carbonyl (C=O) groups excluding carboxylic acids is 1. The summed E-state index contributed by atoms with van der Waals surface area (Å²) in [4.78, 5) is 12.6. The molecule has 3 N–H and O–H groups in total. The molecule has 0 unspecified atom stereocenters. The number of anilines is 2. The van der Waals surface area contributed by atoms with Crippen molar-refractivity contribution in [1.82, 2.24) is 9.29 Å². The largest absolute Gasteiger partial charge is 0.343 e. The van der Waals surface area contributed by atoms with Crippen molar-refractivity contribution < 1.29 is 17.6 Å². The number of aryl methyl sites for hydroxylation is 1. The number of carbonyl (C=O) groups is 1. The smallest absolute Gasteiger partial charge is 0.299 e. The van der Waals surface area contributed by atoms with Crippen LogP contribution in [0.3, 0.4) is 0 Å². The zero-order chi connectivity index (χ0) is 20.7. The van der Waals surface area contributed by atoms with E-state index in [4.69, 9.17) is 16.9 Å². The molecule has 8 nitrogen and oxygen atoms in total. The SMILES string of the molecule is Cn1cc(NS(=O)(=O)NC2(C)CC2)c(Cl)c1C(=O)Nc1ccc(F)c(C#N)c1. The normalized spacial score (nSPS) is 15.0. The van der Waals surface area contributed by atoms with E-state index in [1.165, 1.54) is 29.9 Å². The molecule has 1 fully saturated rings. The minimum atomic E-state index is -3.86. The van der Waals surface area contributed by atoms with Gasteiger partial charge in [-0.05, 0) is 38.0 Å². The van der Waals surface area contributed by atoms with E-state index in [1.807, 2.05) is 0 Å². The summed E-state index contributed by atoms with van der Waals surface area (Å²) in [6, 6.07) is 5.23. The standard InChI is InChI=1S/C17H17ClFN5O3S/c1-17(5-6-17)23-28(26,27)22-13-9-24(2)15(14(13)18)16(25)21-11-3-4-12(19)10(7-11)8-20/h3-4,7,9,22-23H,5-6H2,1-2H3,(H,21,25). The fourth-order valence-electron chi connectivity index (χ4n) is 2.59. The lowest BCUT2D eigenvalue weighted by Gasteiger charge is -2.13. The molecule has 2 aromatic rings. The van der Waals surface area contributed by atoms with Crippen molar-refractivity contribution in [2.24, 2.45) is 7.05 Å². The van der Waals surface area contributed by atoms with E-state index >= 15 is 0 Å². The van der Waals surface area contributed by atoms with E-state index in [0.717, 1.165) is 18.9 Å². The predicted octanol–water partition coefficient (Wildman–Crippen LogP) is 2.74. The van der Waals surface area contributed by atoms with Crippen LogP contribution >= 0.6 is 11.6 Å². The molecule has 1 aromatic heterocycles. The van der Waals surface area contributed by atoms with Crippen molar-refractivity contribution in [2.45, 2.75) is 25.3 Å². The van der Waals surface area contributed by atoms with Gasteiger partial charge in [-0.1, -0.05) is 11.6 Å². The van der Waals surface area contributed by atoms with Gasteiger partial charge < -0.3 is 9.88 Å². The first-order chi connectivity index (χ1) is 13.0. The van der Waals surface area contributed by atoms with Gasteiger partial charge in [0.15, 0.2) is 0 Å². The summed E-state index contributed by atoms with van der Waals surface area (Å²) in [6.07, 6.45) is 2.86. The fourth-order valence-corrected chi connectivity index (χ4v) is 4.31. The van der Waals surface area contributed by atoms with Gasteiger partial charge in [-0.25, -0.2) is 4.39 Å². The van der Waals surface area contributed by atoms with Gasteiger partial charge in [0.2, 0.25) is 0 Å². The molecule has 1 aromatic carbocycles. The lowest BCUT2D eigenvalue weighted by molar-refractivity contribution is 0.101. The number of nitrogens with one attached hydrogen (secondary N) is 3. The molecule has 1 aliphatic rings. The van der Waals surface area contributed by atoms with Gasteiger partial charge in [0.1, 0.15) is 17.6 Å². The third kappa shape index (κ3) is 4.27. The van der Waals surface area contributed by atoms with Crippen LogP contribution in [0.25, 0.3) is 0 Å². The minimum Gasteiger partial charge on any atom is -0.343 e. The molecule has 0 atom stereocenters. The molecule has 0 radical (unpaired) electrons. The Bertz CT molecular complexity index is 1100. The van der Waals surface area contributed by atoms with Gasteiger partial charge in [0.25, 0.3) is 16.1 Å². The van der Waals surface area contributed by atoms with E-state index in [2.05, 4.69) is 14.8 Å². The summed E-state index contributed by atoms with van der Waals surface area (Å²) in [7, 11) is -2.33. The van der Waals surface area contributed by atoms with Crippen LogP contribution in [0, 0.1) is 17.1 Å². The van der Waals surface area contributed by atoms with Crippen LogP contribution in [0.1, 0.15) is 35.8 Å². The summed E-state index contributed by atoms with van der Waals surface area (Å²) in [6.45, 7) is 1.79. The molecule has 148 valence electrons. The van der Waals surface area contributed by atoms with Gasteiger partial charge in [0.05, 0.1) is 16.3 Å². The first kappa shape index (κ1) is 20.1. The second kappa shape index (κ2) is 7.09. The molecule has 0 bridgehead atoms. The molecule has 1 aliphatic carbocycles. The van der Waals surface area contributed by atoms with Crippen molar-refractivity contribution in [1.29, 1.82) is 5.26 Å². The average Bonchev–Trinajstić information content (AvgIpc) is 3.24. The highest BCUT2D eigenvalue weighted by Crippen LogP contribution is 2.36. The van der Waals surface area contributed by atoms with Crippen molar-refractivity contribution in [2.75, 3.05) is 10.0 Å². The third-order valence-electron chi connectivity index (χ3n) is 4.30.